The molecule has 0 saturated carbocycles. The van der Waals surface area contributed by atoms with Crippen molar-refractivity contribution in [3.8, 4) is 0 Å². The number of ether oxygens (including phenoxy) is 1. The summed E-state index contributed by atoms with van der Waals surface area (Å²) in [5.41, 5.74) is 1.90. The lowest BCUT2D eigenvalue weighted by Gasteiger charge is -2.32. The van der Waals surface area contributed by atoms with E-state index in [1.165, 1.54) is 0 Å². The van der Waals surface area contributed by atoms with E-state index in [2.05, 4.69) is 15.9 Å². The molecule has 1 amide bonds. The summed E-state index contributed by atoms with van der Waals surface area (Å²) in [6.07, 6.45) is 2.18. The number of likely N-dealkylation sites (tertiary alicyclic amines) is 1. The minimum absolute atomic E-state index is 0.113. The topological polar surface area (TPSA) is 29.5 Å². The van der Waals surface area contributed by atoms with E-state index in [0.717, 1.165) is 48.1 Å². The van der Waals surface area contributed by atoms with E-state index in [9.17, 15) is 4.79 Å². The van der Waals surface area contributed by atoms with Gasteiger partial charge in [0.15, 0.2) is 0 Å². The molecule has 104 valence electrons. The second kappa shape index (κ2) is 6.53. The second-order valence-corrected chi connectivity index (χ2v) is 5.78. The Bertz CT molecular complexity index is 453. The Morgan fingerprint density at radius 1 is 1.42 bits per heavy atom. The Morgan fingerprint density at radius 2 is 2.11 bits per heavy atom. The molecule has 1 fully saturated rings. The molecule has 1 aromatic rings. The van der Waals surface area contributed by atoms with Gasteiger partial charge in [0.1, 0.15) is 0 Å². The van der Waals surface area contributed by atoms with Crippen LogP contribution in [-0.2, 0) is 4.74 Å². The Kier molecular flexibility index (Phi) is 4.99. The van der Waals surface area contributed by atoms with Crippen LogP contribution in [0.2, 0.25) is 0 Å². The maximum Gasteiger partial charge on any atom is 0.255 e. The number of rotatable bonds is 3. The molecule has 1 heterocycles. The van der Waals surface area contributed by atoms with Crippen molar-refractivity contribution in [2.45, 2.75) is 32.8 Å². The molecule has 1 saturated heterocycles. The fraction of sp³-hybridized carbons (Fsp3) is 0.533. The molecule has 3 nitrogen and oxygen atoms in total. The van der Waals surface area contributed by atoms with Crippen molar-refractivity contribution in [3.05, 3.63) is 33.8 Å². The minimum atomic E-state index is 0.113. The van der Waals surface area contributed by atoms with Crippen molar-refractivity contribution < 1.29 is 9.53 Å². The van der Waals surface area contributed by atoms with Crippen molar-refractivity contribution in [2.24, 2.45) is 0 Å². The lowest BCUT2D eigenvalue weighted by Crippen LogP contribution is -2.41. The first-order valence-electron chi connectivity index (χ1n) is 6.79. The third-order valence-electron chi connectivity index (χ3n) is 3.49. The maximum absolute atomic E-state index is 12.5. The largest absolute Gasteiger partial charge is 0.378 e. The fourth-order valence-electron chi connectivity index (χ4n) is 2.43. The average Bonchev–Trinajstić information content (AvgIpc) is 2.39. The number of hydrogen-bond acceptors (Lipinski definition) is 2. The van der Waals surface area contributed by atoms with E-state index in [4.69, 9.17) is 4.74 Å². The predicted molar refractivity (Wildman–Crippen MR) is 79.4 cm³/mol. The summed E-state index contributed by atoms with van der Waals surface area (Å²) in [4.78, 5) is 14.4. The third kappa shape index (κ3) is 3.57. The molecule has 0 aliphatic carbocycles. The molecule has 0 aromatic heterocycles. The number of halogens is 1. The van der Waals surface area contributed by atoms with E-state index < -0.39 is 0 Å². The minimum Gasteiger partial charge on any atom is -0.378 e. The first-order chi connectivity index (χ1) is 9.11. The number of amides is 1. The summed E-state index contributed by atoms with van der Waals surface area (Å²) in [7, 11) is 0. The smallest absolute Gasteiger partial charge is 0.255 e. The lowest BCUT2D eigenvalue weighted by molar-refractivity contribution is 0.0146. The Balaban J connectivity index is 2.01. The number of hydrogen-bond donors (Lipinski definition) is 0. The molecule has 4 heteroatoms. The summed E-state index contributed by atoms with van der Waals surface area (Å²) in [5, 5.41) is 0. The maximum atomic E-state index is 12.5. The van der Waals surface area contributed by atoms with Crippen molar-refractivity contribution in [1.29, 1.82) is 0 Å². The number of piperidine rings is 1. The summed E-state index contributed by atoms with van der Waals surface area (Å²) >= 11 is 3.48. The van der Waals surface area contributed by atoms with Gasteiger partial charge in [-0.05, 0) is 60.3 Å². The highest BCUT2D eigenvalue weighted by molar-refractivity contribution is 9.10. The van der Waals surface area contributed by atoms with E-state index >= 15 is 0 Å². The highest BCUT2D eigenvalue weighted by Gasteiger charge is 2.24. The zero-order chi connectivity index (χ0) is 13.8. The Hall–Kier alpha value is -0.870. The number of carbonyl (C=O) groups excluding carboxylic acids is 1. The van der Waals surface area contributed by atoms with Gasteiger partial charge in [0.25, 0.3) is 5.91 Å². The monoisotopic (exact) mass is 325 g/mol. The van der Waals surface area contributed by atoms with E-state index in [1.54, 1.807) is 0 Å². The SMILES string of the molecule is CCOC1CCN(C(=O)c2ccc(C)cc2Br)CC1. The van der Waals surface area contributed by atoms with Crippen LogP contribution in [0, 0.1) is 6.92 Å². The van der Waals surface area contributed by atoms with Crippen LogP contribution in [0.5, 0.6) is 0 Å². The molecule has 2 rings (SSSR count). The van der Waals surface area contributed by atoms with Crippen LogP contribution < -0.4 is 0 Å². The van der Waals surface area contributed by atoms with E-state index in [-0.39, 0.29) is 5.91 Å². The summed E-state index contributed by atoms with van der Waals surface area (Å²) in [6.45, 7) is 6.35. The second-order valence-electron chi connectivity index (χ2n) is 4.93. The van der Waals surface area contributed by atoms with Crippen molar-refractivity contribution >= 4 is 21.8 Å². The van der Waals surface area contributed by atoms with Gasteiger partial charge in [-0.3, -0.25) is 4.79 Å². The number of nitrogens with zero attached hydrogens (tertiary/aromatic N) is 1. The molecule has 0 radical (unpaired) electrons. The van der Waals surface area contributed by atoms with E-state index in [1.807, 2.05) is 36.9 Å². The van der Waals surface area contributed by atoms with Gasteiger partial charge < -0.3 is 9.64 Å². The van der Waals surface area contributed by atoms with Crippen LogP contribution in [0.4, 0.5) is 0 Å². The normalized spacial score (nSPS) is 16.7. The van der Waals surface area contributed by atoms with Gasteiger partial charge in [-0.15, -0.1) is 0 Å². The van der Waals surface area contributed by atoms with Gasteiger partial charge in [-0.2, -0.15) is 0 Å². The summed E-state index contributed by atoms with van der Waals surface area (Å²) in [6, 6.07) is 5.86. The van der Waals surface area contributed by atoms with Gasteiger partial charge in [-0.25, -0.2) is 0 Å². The summed E-state index contributed by atoms with van der Waals surface area (Å²) in [5.74, 6) is 0.113. The lowest BCUT2D eigenvalue weighted by atomic mass is 10.1. The predicted octanol–water partition coefficient (Wildman–Crippen LogP) is 3.40. The molecule has 1 aliphatic heterocycles. The Morgan fingerprint density at radius 3 is 2.68 bits per heavy atom. The highest BCUT2D eigenvalue weighted by atomic mass is 79.9. The fourth-order valence-corrected chi connectivity index (χ4v) is 3.09. The van der Waals surface area contributed by atoms with Gasteiger partial charge in [-0.1, -0.05) is 6.07 Å². The number of carbonyl (C=O) groups is 1. The van der Waals surface area contributed by atoms with Gasteiger partial charge >= 0.3 is 0 Å². The quantitative estimate of drug-likeness (QED) is 0.852. The molecule has 0 atom stereocenters. The molecule has 1 aromatic carbocycles. The van der Waals surface area contributed by atoms with Gasteiger partial charge in [0, 0.05) is 24.2 Å². The third-order valence-corrected chi connectivity index (χ3v) is 4.14. The van der Waals surface area contributed by atoms with Crippen LogP contribution in [0.3, 0.4) is 0 Å². The first-order valence-corrected chi connectivity index (χ1v) is 7.58. The molecule has 0 spiro atoms. The number of aryl methyl sites for hydroxylation is 1. The van der Waals surface area contributed by atoms with Crippen molar-refractivity contribution in [1.82, 2.24) is 4.90 Å². The van der Waals surface area contributed by atoms with Crippen molar-refractivity contribution in [3.63, 3.8) is 0 Å². The summed E-state index contributed by atoms with van der Waals surface area (Å²) < 4.78 is 6.49. The zero-order valence-electron chi connectivity index (χ0n) is 11.5. The van der Waals surface area contributed by atoms with Crippen LogP contribution in [-0.4, -0.2) is 36.6 Å². The highest BCUT2D eigenvalue weighted by Crippen LogP contribution is 2.22. The first kappa shape index (κ1) is 14.5. The van der Waals surface area contributed by atoms with E-state index in [0.29, 0.717) is 6.10 Å². The molecule has 19 heavy (non-hydrogen) atoms. The molecule has 1 aliphatic rings. The van der Waals surface area contributed by atoms with Gasteiger partial charge in [0.2, 0.25) is 0 Å². The number of benzene rings is 1. The molecular formula is C15H20BrNO2. The molecule has 0 N–H and O–H groups in total. The average molecular weight is 326 g/mol. The van der Waals surface area contributed by atoms with Crippen molar-refractivity contribution in [2.75, 3.05) is 19.7 Å². The molecule has 0 bridgehead atoms. The van der Waals surface area contributed by atoms with Crippen LogP contribution in [0.25, 0.3) is 0 Å². The standard InChI is InChI=1S/C15H20BrNO2/c1-3-19-12-6-8-17(9-7-12)15(18)13-5-4-11(2)10-14(13)16/h4-5,10,12H,3,6-9H2,1-2H3. The zero-order valence-corrected chi connectivity index (χ0v) is 13.1. The van der Waals surface area contributed by atoms with Crippen LogP contribution in [0.1, 0.15) is 35.7 Å². The molecular weight excluding hydrogens is 306 g/mol. The van der Waals surface area contributed by atoms with Gasteiger partial charge in [0.05, 0.1) is 11.7 Å². The Labute approximate surface area is 123 Å². The van der Waals surface area contributed by atoms with Crippen LogP contribution >= 0.6 is 15.9 Å². The van der Waals surface area contributed by atoms with Crippen LogP contribution in [0.15, 0.2) is 22.7 Å². The molecule has 0 unspecified atom stereocenters.